The highest BCUT2D eigenvalue weighted by Crippen LogP contribution is 2.27. The summed E-state index contributed by atoms with van der Waals surface area (Å²) in [6.07, 6.45) is 2.06. The molecule has 27 heavy (non-hydrogen) atoms. The largest absolute Gasteiger partial charge is 0.355 e. The maximum Gasteiger partial charge on any atom is 0.230 e. The molecule has 0 spiro atoms. The molecule has 0 bridgehead atoms. The third-order valence-corrected chi connectivity index (χ3v) is 5.07. The molecule has 6 heteroatoms. The van der Waals surface area contributed by atoms with Crippen molar-refractivity contribution in [2.75, 3.05) is 12.3 Å². The van der Waals surface area contributed by atoms with E-state index in [1.807, 2.05) is 34.9 Å². The van der Waals surface area contributed by atoms with Gasteiger partial charge in [0.05, 0.1) is 5.75 Å². The Morgan fingerprint density at radius 3 is 2.52 bits per heavy atom. The van der Waals surface area contributed by atoms with Gasteiger partial charge in [-0.2, -0.15) is 0 Å². The molecule has 0 atom stereocenters. The lowest BCUT2D eigenvalue weighted by Gasteiger charge is -2.11. The van der Waals surface area contributed by atoms with Crippen LogP contribution in [-0.2, 0) is 4.79 Å². The number of nitrogens with zero attached hydrogens (tertiary/aromatic N) is 3. The zero-order valence-electron chi connectivity index (χ0n) is 15.7. The van der Waals surface area contributed by atoms with Gasteiger partial charge in [0.25, 0.3) is 0 Å². The normalized spacial score (nSPS) is 10.7. The van der Waals surface area contributed by atoms with Crippen molar-refractivity contribution in [3.63, 3.8) is 0 Å². The molecule has 1 amide bonds. The molecular formula is C21H24N4OS. The average molecular weight is 381 g/mol. The smallest absolute Gasteiger partial charge is 0.230 e. The van der Waals surface area contributed by atoms with Crippen molar-refractivity contribution in [3.05, 3.63) is 60.2 Å². The predicted octanol–water partition coefficient (Wildman–Crippen LogP) is 4.25. The second-order valence-electron chi connectivity index (χ2n) is 6.34. The summed E-state index contributed by atoms with van der Waals surface area (Å²) in [6.45, 7) is 4.89. The van der Waals surface area contributed by atoms with Gasteiger partial charge in [-0.25, -0.2) is 0 Å². The van der Waals surface area contributed by atoms with Crippen molar-refractivity contribution in [2.24, 2.45) is 0 Å². The van der Waals surface area contributed by atoms with Gasteiger partial charge >= 0.3 is 0 Å². The molecule has 0 saturated carbocycles. The van der Waals surface area contributed by atoms with E-state index in [4.69, 9.17) is 0 Å². The minimum Gasteiger partial charge on any atom is -0.355 e. The van der Waals surface area contributed by atoms with Crippen molar-refractivity contribution in [1.82, 2.24) is 20.1 Å². The molecule has 1 heterocycles. The average Bonchev–Trinajstić information content (AvgIpc) is 3.12. The molecule has 0 aliphatic rings. The Bertz CT molecular complexity index is 875. The Labute approximate surface area is 164 Å². The summed E-state index contributed by atoms with van der Waals surface area (Å²) in [5.41, 5.74) is 3.17. The lowest BCUT2D eigenvalue weighted by molar-refractivity contribution is -0.118. The summed E-state index contributed by atoms with van der Waals surface area (Å²) in [7, 11) is 0. The minimum atomic E-state index is 0.0215. The number of benzene rings is 2. The van der Waals surface area contributed by atoms with Crippen LogP contribution in [0.3, 0.4) is 0 Å². The molecule has 0 aliphatic carbocycles. The highest BCUT2D eigenvalue weighted by atomic mass is 32.2. The molecule has 2 aromatic carbocycles. The number of hydrogen-bond acceptors (Lipinski definition) is 4. The summed E-state index contributed by atoms with van der Waals surface area (Å²) in [6, 6.07) is 18.2. The van der Waals surface area contributed by atoms with E-state index in [0.717, 1.165) is 36.5 Å². The molecular weight excluding hydrogens is 356 g/mol. The molecule has 1 aromatic heterocycles. The number of carbonyl (C=O) groups is 1. The fourth-order valence-corrected chi connectivity index (χ4v) is 3.43. The number of nitrogens with one attached hydrogen (secondary N) is 1. The summed E-state index contributed by atoms with van der Waals surface area (Å²) in [5.74, 6) is 1.11. The molecule has 0 aliphatic heterocycles. The SMILES string of the molecule is CCCCNC(=O)CSc1nnc(-c2ccccc2)n1-c1ccc(C)cc1. The van der Waals surface area contributed by atoms with E-state index < -0.39 is 0 Å². The van der Waals surface area contributed by atoms with Gasteiger partial charge in [-0.1, -0.05) is 73.1 Å². The first-order valence-electron chi connectivity index (χ1n) is 9.16. The van der Waals surface area contributed by atoms with Crippen molar-refractivity contribution in [3.8, 4) is 17.1 Å². The van der Waals surface area contributed by atoms with E-state index in [1.165, 1.54) is 17.3 Å². The number of thioether (sulfide) groups is 1. The Morgan fingerprint density at radius 1 is 1.07 bits per heavy atom. The van der Waals surface area contributed by atoms with Gasteiger partial charge in [0, 0.05) is 17.8 Å². The number of carbonyl (C=O) groups excluding carboxylic acids is 1. The van der Waals surface area contributed by atoms with Gasteiger partial charge < -0.3 is 5.32 Å². The van der Waals surface area contributed by atoms with Crippen LogP contribution in [0.2, 0.25) is 0 Å². The number of aryl methyl sites for hydroxylation is 1. The first-order valence-corrected chi connectivity index (χ1v) is 10.1. The topological polar surface area (TPSA) is 59.8 Å². The summed E-state index contributed by atoms with van der Waals surface area (Å²) in [5, 5.41) is 12.4. The zero-order valence-corrected chi connectivity index (χ0v) is 16.5. The summed E-state index contributed by atoms with van der Waals surface area (Å²) < 4.78 is 2.01. The monoisotopic (exact) mass is 380 g/mol. The van der Waals surface area contributed by atoms with Crippen LogP contribution in [0.25, 0.3) is 17.1 Å². The highest BCUT2D eigenvalue weighted by molar-refractivity contribution is 7.99. The molecule has 5 nitrogen and oxygen atoms in total. The van der Waals surface area contributed by atoms with Crippen LogP contribution in [0.1, 0.15) is 25.3 Å². The number of unbranched alkanes of at least 4 members (excludes halogenated alkanes) is 1. The van der Waals surface area contributed by atoms with Crippen LogP contribution >= 0.6 is 11.8 Å². The van der Waals surface area contributed by atoms with Gasteiger partial charge in [0.15, 0.2) is 11.0 Å². The van der Waals surface area contributed by atoms with E-state index in [9.17, 15) is 4.79 Å². The van der Waals surface area contributed by atoms with E-state index in [-0.39, 0.29) is 5.91 Å². The second kappa shape index (κ2) is 9.37. The first kappa shape index (κ1) is 19.2. The number of aromatic nitrogens is 3. The molecule has 0 fully saturated rings. The third-order valence-electron chi connectivity index (χ3n) is 4.14. The highest BCUT2D eigenvalue weighted by Gasteiger charge is 2.17. The zero-order chi connectivity index (χ0) is 19.1. The van der Waals surface area contributed by atoms with Crippen molar-refractivity contribution >= 4 is 17.7 Å². The standard InChI is InChI=1S/C21H24N4OS/c1-3-4-14-22-19(26)15-27-21-24-23-20(17-8-6-5-7-9-17)25(21)18-12-10-16(2)11-13-18/h5-13H,3-4,14-15H2,1-2H3,(H,22,26). The van der Waals surface area contributed by atoms with E-state index >= 15 is 0 Å². The summed E-state index contributed by atoms with van der Waals surface area (Å²) in [4.78, 5) is 12.1. The Balaban J connectivity index is 1.86. The fraction of sp³-hybridized carbons (Fsp3) is 0.286. The van der Waals surface area contributed by atoms with Crippen LogP contribution in [0.5, 0.6) is 0 Å². The minimum absolute atomic E-state index is 0.0215. The van der Waals surface area contributed by atoms with E-state index in [0.29, 0.717) is 10.9 Å². The van der Waals surface area contributed by atoms with Crippen molar-refractivity contribution in [1.29, 1.82) is 0 Å². The van der Waals surface area contributed by atoms with Crippen molar-refractivity contribution < 1.29 is 4.79 Å². The first-order chi connectivity index (χ1) is 13.2. The molecule has 0 radical (unpaired) electrons. The van der Waals surface area contributed by atoms with Crippen molar-refractivity contribution in [2.45, 2.75) is 31.8 Å². The number of hydrogen-bond donors (Lipinski definition) is 1. The molecule has 3 aromatic rings. The fourth-order valence-electron chi connectivity index (χ4n) is 2.65. The molecule has 0 unspecified atom stereocenters. The van der Waals surface area contributed by atoms with Crippen LogP contribution in [0, 0.1) is 6.92 Å². The Morgan fingerprint density at radius 2 is 1.81 bits per heavy atom. The Hall–Kier alpha value is -2.60. The van der Waals surface area contributed by atoms with Gasteiger partial charge in [-0.05, 0) is 25.5 Å². The maximum absolute atomic E-state index is 12.1. The van der Waals surface area contributed by atoms with Crippen LogP contribution in [0.15, 0.2) is 59.8 Å². The third kappa shape index (κ3) is 4.98. The number of rotatable bonds is 8. The van der Waals surface area contributed by atoms with E-state index in [2.05, 4.69) is 53.6 Å². The van der Waals surface area contributed by atoms with Gasteiger partial charge in [0.2, 0.25) is 5.91 Å². The van der Waals surface area contributed by atoms with E-state index in [1.54, 1.807) is 0 Å². The lowest BCUT2D eigenvalue weighted by atomic mass is 10.2. The number of amides is 1. The maximum atomic E-state index is 12.1. The second-order valence-corrected chi connectivity index (χ2v) is 7.28. The van der Waals surface area contributed by atoms with Gasteiger partial charge in [-0.15, -0.1) is 10.2 Å². The van der Waals surface area contributed by atoms with Gasteiger partial charge in [-0.3, -0.25) is 9.36 Å². The molecule has 140 valence electrons. The molecule has 3 rings (SSSR count). The summed E-state index contributed by atoms with van der Waals surface area (Å²) >= 11 is 1.41. The predicted molar refractivity (Wildman–Crippen MR) is 110 cm³/mol. The molecule has 0 saturated heterocycles. The Kier molecular flexibility index (Phi) is 6.65. The lowest BCUT2D eigenvalue weighted by Crippen LogP contribution is -2.26. The molecule has 1 N–H and O–H groups in total. The van der Waals surface area contributed by atoms with Crippen LogP contribution < -0.4 is 5.32 Å². The quantitative estimate of drug-likeness (QED) is 0.469. The van der Waals surface area contributed by atoms with Crippen LogP contribution in [-0.4, -0.2) is 33.0 Å². The van der Waals surface area contributed by atoms with Gasteiger partial charge in [0.1, 0.15) is 0 Å². The van der Waals surface area contributed by atoms with Crippen LogP contribution in [0.4, 0.5) is 0 Å².